The van der Waals surface area contributed by atoms with Crippen molar-refractivity contribution in [1.29, 1.82) is 0 Å². The Labute approximate surface area is 86.3 Å². The van der Waals surface area contributed by atoms with E-state index < -0.39 is 12.1 Å². The highest BCUT2D eigenvalue weighted by molar-refractivity contribution is 6.30. The molecule has 0 bridgehead atoms. The number of carboxylic acid groups (broad SMARTS) is 1. The summed E-state index contributed by atoms with van der Waals surface area (Å²) in [6, 6.07) is 6.27. The molecule has 0 aliphatic rings. The summed E-state index contributed by atoms with van der Waals surface area (Å²) < 4.78 is 0. The van der Waals surface area contributed by atoms with Gasteiger partial charge in [-0.25, -0.2) is 4.79 Å². The van der Waals surface area contributed by atoms with Crippen molar-refractivity contribution in [3.8, 4) is 0 Å². The number of aliphatic hydroxyl groups is 1. The van der Waals surface area contributed by atoms with Crippen LogP contribution in [0.25, 0.3) is 0 Å². The first-order chi connectivity index (χ1) is 6.52. The molecule has 1 aromatic rings. The fourth-order valence-corrected chi connectivity index (χ4v) is 1.09. The van der Waals surface area contributed by atoms with Crippen molar-refractivity contribution in [1.82, 2.24) is 0 Å². The highest BCUT2D eigenvalue weighted by Crippen LogP contribution is 2.21. The van der Waals surface area contributed by atoms with E-state index in [9.17, 15) is 9.90 Å². The first-order valence-electron chi connectivity index (χ1n) is 3.88. The molecule has 2 N–H and O–H groups in total. The van der Waals surface area contributed by atoms with Crippen molar-refractivity contribution in [3.05, 3.63) is 47.0 Å². The van der Waals surface area contributed by atoms with Crippen LogP contribution in [0.4, 0.5) is 0 Å². The molecule has 74 valence electrons. The second-order valence-electron chi connectivity index (χ2n) is 2.78. The van der Waals surface area contributed by atoms with Crippen LogP contribution in [0, 0.1) is 0 Å². The fourth-order valence-electron chi connectivity index (χ4n) is 0.963. The summed E-state index contributed by atoms with van der Waals surface area (Å²) in [5, 5.41) is 18.6. The zero-order valence-electron chi connectivity index (χ0n) is 7.27. The Morgan fingerprint density at radius 1 is 1.36 bits per heavy atom. The summed E-state index contributed by atoms with van der Waals surface area (Å²) in [6.07, 6.45) is -1.19. The van der Waals surface area contributed by atoms with Crippen molar-refractivity contribution in [3.63, 3.8) is 0 Å². The minimum atomic E-state index is -1.22. The van der Waals surface area contributed by atoms with Gasteiger partial charge in [-0.05, 0) is 17.7 Å². The van der Waals surface area contributed by atoms with Crippen LogP contribution < -0.4 is 0 Å². The third-order valence-corrected chi connectivity index (χ3v) is 2.04. The molecule has 0 heterocycles. The molecule has 1 atom stereocenters. The third-order valence-electron chi connectivity index (χ3n) is 1.79. The molecular weight excluding hydrogens is 204 g/mol. The monoisotopic (exact) mass is 212 g/mol. The van der Waals surface area contributed by atoms with E-state index in [0.717, 1.165) is 0 Å². The normalized spacial score (nSPS) is 12.1. The molecule has 0 radical (unpaired) electrons. The molecule has 0 aromatic heterocycles. The van der Waals surface area contributed by atoms with Gasteiger partial charge in [-0.3, -0.25) is 0 Å². The number of aliphatic carboxylic acids is 1. The molecule has 0 aliphatic carbocycles. The third kappa shape index (κ3) is 2.34. The van der Waals surface area contributed by atoms with Gasteiger partial charge in [0.1, 0.15) is 6.10 Å². The van der Waals surface area contributed by atoms with Crippen LogP contribution in [0.1, 0.15) is 11.7 Å². The van der Waals surface area contributed by atoms with E-state index in [-0.39, 0.29) is 5.57 Å². The SMILES string of the molecule is C=C(C(=O)O)C(O)c1ccc(Cl)cc1. The minimum Gasteiger partial charge on any atom is -0.478 e. The molecule has 1 rings (SSSR count). The Kier molecular flexibility index (Phi) is 3.28. The van der Waals surface area contributed by atoms with E-state index in [1.54, 1.807) is 24.3 Å². The number of hydrogen-bond donors (Lipinski definition) is 2. The van der Waals surface area contributed by atoms with Crippen LogP contribution in [-0.4, -0.2) is 16.2 Å². The van der Waals surface area contributed by atoms with Gasteiger partial charge in [0, 0.05) is 5.02 Å². The average molecular weight is 213 g/mol. The molecule has 14 heavy (non-hydrogen) atoms. The summed E-state index contributed by atoms with van der Waals surface area (Å²) in [5.41, 5.74) is 0.203. The quantitative estimate of drug-likeness (QED) is 0.754. The van der Waals surface area contributed by atoms with Gasteiger partial charge in [0.15, 0.2) is 0 Å². The van der Waals surface area contributed by atoms with Gasteiger partial charge < -0.3 is 10.2 Å². The van der Waals surface area contributed by atoms with Gasteiger partial charge in [-0.1, -0.05) is 30.3 Å². The van der Waals surface area contributed by atoms with E-state index in [1.165, 1.54) is 0 Å². The molecule has 0 spiro atoms. The summed E-state index contributed by atoms with van der Waals surface area (Å²) in [4.78, 5) is 10.5. The standard InChI is InChI=1S/C10H9ClO3/c1-6(10(13)14)9(12)7-2-4-8(11)5-3-7/h2-5,9,12H,1H2,(H,13,14). The Morgan fingerprint density at radius 3 is 2.29 bits per heavy atom. The van der Waals surface area contributed by atoms with Crippen LogP contribution in [0.5, 0.6) is 0 Å². The first kappa shape index (κ1) is 10.8. The zero-order chi connectivity index (χ0) is 10.7. The zero-order valence-corrected chi connectivity index (χ0v) is 8.03. The number of hydrogen-bond acceptors (Lipinski definition) is 2. The van der Waals surface area contributed by atoms with Crippen LogP contribution >= 0.6 is 11.6 Å². The number of aliphatic hydroxyl groups excluding tert-OH is 1. The van der Waals surface area contributed by atoms with Crippen molar-refractivity contribution in [2.24, 2.45) is 0 Å². The minimum absolute atomic E-state index is 0.257. The maximum atomic E-state index is 10.5. The topological polar surface area (TPSA) is 57.5 Å². The Hall–Kier alpha value is -1.32. The molecule has 1 aromatic carbocycles. The maximum Gasteiger partial charge on any atom is 0.333 e. The lowest BCUT2D eigenvalue weighted by atomic mass is 10.0. The van der Waals surface area contributed by atoms with Crippen molar-refractivity contribution < 1.29 is 15.0 Å². The van der Waals surface area contributed by atoms with Gasteiger partial charge in [-0.15, -0.1) is 0 Å². The molecular formula is C10H9ClO3. The summed E-state index contributed by atoms with van der Waals surface area (Å²) >= 11 is 5.64. The summed E-state index contributed by atoms with van der Waals surface area (Å²) in [5.74, 6) is -1.22. The van der Waals surface area contributed by atoms with E-state index in [4.69, 9.17) is 16.7 Å². The highest BCUT2D eigenvalue weighted by atomic mass is 35.5. The average Bonchev–Trinajstić information content (AvgIpc) is 2.16. The maximum absolute atomic E-state index is 10.5. The van der Waals surface area contributed by atoms with Gasteiger partial charge in [0.25, 0.3) is 0 Å². The predicted octanol–water partition coefficient (Wildman–Crippen LogP) is 2.01. The summed E-state index contributed by atoms with van der Waals surface area (Å²) in [6.45, 7) is 3.27. The van der Waals surface area contributed by atoms with Crippen molar-refractivity contribution >= 4 is 17.6 Å². The smallest absolute Gasteiger partial charge is 0.333 e. The lowest BCUT2D eigenvalue weighted by molar-refractivity contribution is -0.133. The van der Waals surface area contributed by atoms with E-state index >= 15 is 0 Å². The number of benzene rings is 1. The second-order valence-corrected chi connectivity index (χ2v) is 3.22. The highest BCUT2D eigenvalue weighted by Gasteiger charge is 2.16. The Balaban J connectivity index is 2.89. The molecule has 1 unspecified atom stereocenters. The molecule has 0 fully saturated rings. The molecule has 3 nitrogen and oxygen atoms in total. The van der Waals surface area contributed by atoms with Crippen LogP contribution in [-0.2, 0) is 4.79 Å². The van der Waals surface area contributed by atoms with Crippen LogP contribution in [0.2, 0.25) is 5.02 Å². The lowest BCUT2D eigenvalue weighted by Crippen LogP contribution is -2.09. The van der Waals surface area contributed by atoms with Crippen LogP contribution in [0.3, 0.4) is 0 Å². The Morgan fingerprint density at radius 2 is 1.86 bits per heavy atom. The van der Waals surface area contributed by atoms with Gasteiger partial charge in [0.2, 0.25) is 0 Å². The lowest BCUT2D eigenvalue weighted by Gasteiger charge is -2.10. The number of halogens is 1. The number of carbonyl (C=O) groups is 1. The summed E-state index contributed by atoms with van der Waals surface area (Å²) in [7, 11) is 0. The van der Waals surface area contributed by atoms with Gasteiger partial charge in [0.05, 0.1) is 5.57 Å². The van der Waals surface area contributed by atoms with E-state index in [1.807, 2.05) is 0 Å². The molecule has 0 saturated carbocycles. The Bertz CT molecular complexity index is 356. The predicted molar refractivity (Wildman–Crippen MR) is 53.2 cm³/mol. The van der Waals surface area contributed by atoms with Crippen LogP contribution in [0.15, 0.2) is 36.4 Å². The molecule has 0 saturated heterocycles. The molecule has 4 heteroatoms. The largest absolute Gasteiger partial charge is 0.478 e. The number of carboxylic acids is 1. The molecule has 0 amide bonds. The van der Waals surface area contributed by atoms with Gasteiger partial charge in [-0.2, -0.15) is 0 Å². The van der Waals surface area contributed by atoms with Crippen molar-refractivity contribution in [2.75, 3.05) is 0 Å². The van der Waals surface area contributed by atoms with Gasteiger partial charge >= 0.3 is 5.97 Å². The van der Waals surface area contributed by atoms with Crippen molar-refractivity contribution in [2.45, 2.75) is 6.10 Å². The second kappa shape index (κ2) is 4.26. The van der Waals surface area contributed by atoms with E-state index in [0.29, 0.717) is 10.6 Å². The number of rotatable bonds is 3. The molecule has 0 aliphatic heterocycles. The fraction of sp³-hybridized carbons (Fsp3) is 0.100. The first-order valence-corrected chi connectivity index (χ1v) is 4.26. The van der Waals surface area contributed by atoms with E-state index in [2.05, 4.69) is 6.58 Å².